The van der Waals surface area contributed by atoms with E-state index in [4.69, 9.17) is 4.74 Å². The van der Waals surface area contributed by atoms with Crippen LogP contribution in [0.2, 0.25) is 0 Å². The van der Waals surface area contributed by atoms with Crippen LogP contribution >= 0.6 is 0 Å². The van der Waals surface area contributed by atoms with E-state index in [-0.39, 0.29) is 11.4 Å². The molecule has 110 valence electrons. The Morgan fingerprint density at radius 3 is 2.42 bits per heavy atom. The van der Waals surface area contributed by atoms with Crippen LogP contribution < -0.4 is 5.32 Å². The number of carbonyl (C=O) groups excluding carboxylic acids is 1. The highest BCUT2D eigenvalue weighted by molar-refractivity contribution is 5.72. The topological polar surface area (TPSA) is 38.3 Å². The maximum atomic E-state index is 11.9. The van der Waals surface area contributed by atoms with Crippen LogP contribution in [-0.4, -0.2) is 24.2 Å². The molecular formula is C16H29NO2. The lowest BCUT2D eigenvalue weighted by Crippen LogP contribution is -2.52. The van der Waals surface area contributed by atoms with Crippen molar-refractivity contribution in [2.45, 2.75) is 72.4 Å². The number of hydrogen-bond acceptors (Lipinski definition) is 3. The van der Waals surface area contributed by atoms with Gasteiger partial charge in [0.1, 0.15) is 5.60 Å². The summed E-state index contributed by atoms with van der Waals surface area (Å²) in [5.74, 6) is 0.656. The molecule has 3 unspecified atom stereocenters. The van der Waals surface area contributed by atoms with Crippen molar-refractivity contribution < 1.29 is 9.53 Å². The smallest absolute Gasteiger partial charge is 0.320 e. The number of esters is 1. The molecule has 0 aliphatic heterocycles. The fourth-order valence-electron chi connectivity index (χ4n) is 4.37. The van der Waals surface area contributed by atoms with Gasteiger partial charge >= 0.3 is 5.97 Å². The molecule has 19 heavy (non-hydrogen) atoms. The molecule has 0 heterocycles. The van der Waals surface area contributed by atoms with Crippen molar-refractivity contribution in [3.05, 3.63) is 0 Å². The maximum absolute atomic E-state index is 11.9. The standard InChI is InChI=1S/C16H29NO2/c1-14(2,3)19-12(18)10-17-13-15(4,5)11-7-8-16(13,6)9-11/h11,13,17H,7-10H2,1-6H3. The minimum absolute atomic E-state index is 0.144. The highest BCUT2D eigenvalue weighted by Gasteiger charge is 2.59. The van der Waals surface area contributed by atoms with Gasteiger partial charge in [-0.05, 0) is 56.8 Å². The highest BCUT2D eigenvalue weighted by atomic mass is 16.6. The van der Waals surface area contributed by atoms with E-state index in [1.54, 1.807) is 0 Å². The third-order valence-corrected chi connectivity index (χ3v) is 5.14. The van der Waals surface area contributed by atoms with Gasteiger partial charge in [-0.1, -0.05) is 20.8 Å². The molecule has 0 spiro atoms. The fourth-order valence-corrected chi connectivity index (χ4v) is 4.37. The van der Waals surface area contributed by atoms with E-state index < -0.39 is 5.60 Å². The minimum Gasteiger partial charge on any atom is -0.459 e. The van der Waals surface area contributed by atoms with E-state index in [0.717, 1.165) is 5.92 Å². The first-order valence-electron chi connectivity index (χ1n) is 7.50. The summed E-state index contributed by atoms with van der Waals surface area (Å²) < 4.78 is 5.38. The molecule has 2 aliphatic rings. The fraction of sp³-hybridized carbons (Fsp3) is 0.938. The Bertz CT molecular complexity index is 365. The monoisotopic (exact) mass is 267 g/mol. The number of hydrogen-bond donors (Lipinski definition) is 1. The lowest BCUT2D eigenvalue weighted by atomic mass is 9.68. The van der Waals surface area contributed by atoms with Crippen LogP contribution in [0.25, 0.3) is 0 Å². The summed E-state index contributed by atoms with van der Waals surface area (Å²) in [6.07, 6.45) is 3.92. The van der Waals surface area contributed by atoms with Crippen LogP contribution in [0, 0.1) is 16.7 Å². The Labute approximate surface area is 117 Å². The Morgan fingerprint density at radius 1 is 1.32 bits per heavy atom. The SMILES string of the molecule is CC(C)(C)OC(=O)CNC1C2(C)CCC(C2)C1(C)C. The van der Waals surface area contributed by atoms with E-state index in [0.29, 0.717) is 18.0 Å². The molecule has 2 bridgehead atoms. The van der Waals surface area contributed by atoms with Gasteiger partial charge in [-0.25, -0.2) is 0 Å². The second-order valence-corrected chi connectivity index (χ2v) is 8.32. The van der Waals surface area contributed by atoms with Crippen molar-refractivity contribution in [2.75, 3.05) is 6.54 Å². The first-order valence-corrected chi connectivity index (χ1v) is 7.50. The summed E-state index contributed by atoms with van der Waals surface area (Å²) in [5, 5.41) is 3.49. The summed E-state index contributed by atoms with van der Waals surface area (Å²) >= 11 is 0. The van der Waals surface area contributed by atoms with Crippen LogP contribution in [0.15, 0.2) is 0 Å². The number of rotatable bonds is 3. The summed E-state index contributed by atoms with van der Waals surface area (Å²) in [4.78, 5) is 11.9. The zero-order chi connectivity index (χ0) is 14.5. The first kappa shape index (κ1) is 14.8. The average Bonchev–Trinajstić information content (AvgIpc) is 2.65. The number of ether oxygens (including phenoxy) is 1. The summed E-state index contributed by atoms with van der Waals surface area (Å²) in [7, 11) is 0. The summed E-state index contributed by atoms with van der Waals surface area (Å²) in [6, 6.07) is 0.422. The van der Waals surface area contributed by atoms with Gasteiger partial charge in [0.2, 0.25) is 0 Å². The Kier molecular flexibility index (Phi) is 3.49. The van der Waals surface area contributed by atoms with E-state index in [1.165, 1.54) is 19.3 Å². The van der Waals surface area contributed by atoms with Crippen molar-refractivity contribution in [2.24, 2.45) is 16.7 Å². The van der Waals surface area contributed by atoms with E-state index in [2.05, 4.69) is 26.1 Å². The molecule has 0 amide bonds. The third-order valence-electron chi connectivity index (χ3n) is 5.14. The second kappa shape index (κ2) is 4.47. The van der Waals surface area contributed by atoms with Gasteiger partial charge in [-0.2, -0.15) is 0 Å². The third kappa shape index (κ3) is 2.81. The van der Waals surface area contributed by atoms with E-state index in [1.807, 2.05) is 20.8 Å². The summed E-state index contributed by atoms with van der Waals surface area (Å²) in [5.41, 5.74) is 0.248. The van der Waals surface area contributed by atoms with Crippen LogP contribution in [0.3, 0.4) is 0 Å². The molecule has 0 aromatic heterocycles. The van der Waals surface area contributed by atoms with Crippen molar-refractivity contribution in [3.8, 4) is 0 Å². The molecule has 1 N–H and O–H groups in total. The van der Waals surface area contributed by atoms with Crippen molar-refractivity contribution in [3.63, 3.8) is 0 Å². The van der Waals surface area contributed by atoms with Crippen molar-refractivity contribution >= 4 is 5.97 Å². The van der Waals surface area contributed by atoms with Gasteiger partial charge in [-0.15, -0.1) is 0 Å². The molecule has 0 saturated heterocycles. The van der Waals surface area contributed by atoms with E-state index in [9.17, 15) is 4.79 Å². The van der Waals surface area contributed by atoms with Gasteiger partial charge in [0.15, 0.2) is 0 Å². The largest absolute Gasteiger partial charge is 0.459 e. The number of fused-ring (bicyclic) bond motifs is 2. The van der Waals surface area contributed by atoms with Crippen molar-refractivity contribution in [1.29, 1.82) is 0 Å². The van der Waals surface area contributed by atoms with E-state index >= 15 is 0 Å². The van der Waals surface area contributed by atoms with Crippen molar-refractivity contribution in [1.82, 2.24) is 5.32 Å². The van der Waals surface area contributed by atoms with Gasteiger partial charge in [0.05, 0.1) is 6.54 Å². The van der Waals surface area contributed by atoms with Crippen LogP contribution in [0.1, 0.15) is 60.8 Å². The van der Waals surface area contributed by atoms with Crippen LogP contribution in [0.4, 0.5) is 0 Å². The van der Waals surface area contributed by atoms with Crippen LogP contribution in [-0.2, 0) is 9.53 Å². The Balaban J connectivity index is 1.94. The predicted octanol–water partition coefficient (Wildman–Crippen LogP) is 3.13. The molecule has 2 aliphatic carbocycles. The molecule has 2 fully saturated rings. The second-order valence-electron chi connectivity index (χ2n) is 8.32. The van der Waals surface area contributed by atoms with Gasteiger partial charge < -0.3 is 10.1 Å². The van der Waals surface area contributed by atoms with Gasteiger partial charge in [0.25, 0.3) is 0 Å². The Hall–Kier alpha value is -0.570. The quantitative estimate of drug-likeness (QED) is 0.798. The lowest BCUT2D eigenvalue weighted by Gasteiger charge is -2.43. The normalized spacial score (nSPS) is 36.5. The molecule has 3 atom stereocenters. The molecule has 0 aromatic rings. The predicted molar refractivity (Wildman–Crippen MR) is 76.9 cm³/mol. The number of carbonyl (C=O) groups is 1. The molecule has 3 heteroatoms. The minimum atomic E-state index is -0.396. The molecular weight excluding hydrogens is 238 g/mol. The molecule has 3 nitrogen and oxygen atoms in total. The molecule has 0 radical (unpaired) electrons. The maximum Gasteiger partial charge on any atom is 0.320 e. The highest BCUT2D eigenvalue weighted by Crippen LogP contribution is 2.62. The van der Waals surface area contributed by atoms with Gasteiger partial charge in [-0.3, -0.25) is 4.79 Å². The lowest BCUT2D eigenvalue weighted by molar-refractivity contribution is -0.154. The molecule has 2 saturated carbocycles. The van der Waals surface area contributed by atoms with Crippen LogP contribution in [0.5, 0.6) is 0 Å². The molecule has 2 rings (SSSR count). The van der Waals surface area contributed by atoms with Gasteiger partial charge in [0, 0.05) is 6.04 Å². The average molecular weight is 267 g/mol. The zero-order valence-corrected chi connectivity index (χ0v) is 13.3. The molecule has 0 aromatic carbocycles. The first-order chi connectivity index (χ1) is 8.55. The number of nitrogens with one attached hydrogen (secondary N) is 1. The zero-order valence-electron chi connectivity index (χ0n) is 13.3. The summed E-state index contributed by atoms with van der Waals surface area (Å²) in [6.45, 7) is 13.1. The Morgan fingerprint density at radius 2 is 1.95 bits per heavy atom.